The van der Waals surface area contributed by atoms with Crippen LogP contribution in [0.5, 0.6) is 11.5 Å². The summed E-state index contributed by atoms with van der Waals surface area (Å²) in [5.74, 6) is 0.673. The molecule has 2 aromatic carbocycles. The number of hydrogen-bond acceptors (Lipinski definition) is 5. The fourth-order valence-electron chi connectivity index (χ4n) is 3.55. The van der Waals surface area contributed by atoms with Crippen LogP contribution in [0.25, 0.3) is 0 Å². The van der Waals surface area contributed by atoms with Gasteiger partial charge >= 0.3 is 5.97 Å². The average Bonchev–Trinajstić information content (AvgIpc) is 2.74. The van der Waals surface area contributed by atoms with Gasteiger partial charge in [0.2, 0.25) is 0 Å². The Labute approximate surface area is 169 Å². The number of fused-ring (bicyclic) bond motifs is 1. The Balaban J connectivity index is 1.48. The molecule has 0 saturated heterocycles. The van der Waals surface area contributed by atoms with Gasteiger partial charge in [0.1, 0.15) is 11.5 Å². The minimum Gasteiger partial charge on any atom is -0.478 e. The van der Waals surface area contributed by atoms with Crippen molar-refractivity contribution in [2.24, 2.45) is 0 Å². The number of carbonyl (C=O) groups is 1. The van der Waals surface area contributed by atoms with Crippen LogP contribution in [-0.4, -0.2) is 29.1 Å². The van der Waals surface area contributed by atoms with Crippen molar-refractivity contribution < 1.29 is 14.6 Å². The van der Waals surface area contributed by atoms with Crippen LogP contribution < -0.4 is 15.4 Å². The van der Waals surface area contributed by atoms with Crippen molar-refractivity contribution in [1.29, 1.82) is 0 Å². The number of nitrogens with zero attached hydrogens (tertiary/aromatic N) is 1. The van der Waals surface area contributed by atoms with E-state index in [0.29, 0.717) is 12.2 Å². The highest BCUT2D eigenvalue weighted by atomic mass is 16.5. The summed E-state index contributed by atoms with van der Waals surface area (Å²) in [6.07, 6.45) is 3.95. The van der Waals surface area contributed by atoms with Crippen molar-refractivity contribution in [3.8, 4) is 11.5 Å². The van der Waals surface area contributed by atoms with Gasteiger partial charge in [-0.3, -0.25) is 4.98 Å². The zero-order valence-corrected chi connectivity index (χ0v) is 16.2. The van der Waals surface area contributed by atoms with E-state index in [9.17, 15) is 9.90 Å². The average molecular weight is 389 g/mol. The molecule has 29 heavy (non-hydrogen) atoms. The summed E-state index contributed by atoms with van der Waals surface area (Å²) in [4.78, 5) is 15.4. The number of aromatic carboxylic acids is 1. The number of rotatable bonds is 6. The Morgan fingerprint density at radius 2 is 2.00 bits per heavy atom. The van der Waals surface area contributed by atoms with E-state index in [4.69, 9.17) is 4.74 Å². The Hall–Kier alpha value is -3.38. The highest BCUT2D eigenvalue weighted by Gasteiger charge is 2.21. The van der Waals surface area contributed by atoms with Crippen LogP contribution in [0.3, 0.4) is 0 Å². The van der Waals surface area contributed by atoms with Crippen LogP contribution in [-0.2, 0) is 6.42 Å². The first-order chi connectivity index (χ1) is 14.1. The monoisotopic (exact) mass is 389 g/mol. The molecule has 6 heteroatoms. The fourth-order valence-corrected chi connectivity index (χ4v) is 3.55. The van der Waals surface area contributed by atoms with E-state index in [0.717, 1.165) is 24.5 Å². The molecule has 0 spiro atoms. The molecule has 0 amide bonds. The van der Waals surface area contributed by atoms with Crippen LogP contribution in [0.4, 0.5) is 5.69 Å². The van der Waals surface area contributed by atoms with Gasteiger partial charge in [0.05, 0.1) is 17.4 Å². The molecule has 148 valence electrons. The lowest BCUT2D eigenvalue weighted by atomic mass is 9.94. The van der Waals surface area contributed by atoms with Crippen LogP contribution >= 0.6 is 0 Å². The van der Waals surface area contributed by atoms with Gasteiger partial charge in [-0.1, -0.05) is 23.8 Å². The second-order valence-corrected chi connectivity index (χ2v) is 7.14. The Kier molecular flexibility index (Phi) is 5.44. The zero-order chi connectivity index (χ0) is 20.2. The number of benzene rings is 2. The van der Waals surface area contributed by atoms with Crippen LogP contribution in [0.2, 0.25) is 0 Å². The maximum atomic E-state index is 11.4. The van der Waals surface area contributed by atoms with Gasteiger partial charge in [0.15, 0.2) is 0 Å². The molecule has 1 aliphatic heterocycles. The van der Waals surface area contributed by atoms with Gasteiger partial charge in [-0.25, -0.2) is 4.79 Å². The van der Waals surface area contributed by atoms with Crippen molar-refractivity contribution in [2.45, 2.75) is 19.4 Å². The third-order valence-corrected chi connectivity index (χ3v) is 5.08. The van der Waals surface area contributed by atoms with Crippen molar-refractivity contribution >= 4 is 11.7 Å². The second kappa shape index (κ2) is 8.32. The summed E-state index contributed by atoms with van der Waals surface area (Å²) in [7, 11) is 0. The number of anilines is 1. The van der Waals surface area contributed by atoms with E-state index in [1.807, 2.05) is 30.3 Å². The normalized spacial score (nSPS) is 15.4. The van der Waals surface area contributed by atoms with Crippen molar-refractivity contribution in [3.63, 3.8) is 0 Å². The number of carboxylic acid groups (broad SMARTS) is 1. The maximum absolute atomic E-state index is 11.4. The third kappa shape index (κ3) is 4.38. The lowest BCUT2D eigenvalue weighted by Crippen LogP contribution is -2.34. The first kappa shape index (κ1) is 19.0. The first-order valence-corrected chi connectivity index (χ1v) is 9.62. The van der Waals surface area contributed by atoms with Crippen LogP contribution in [0, 0.1) is 6.92 Å². The summed E-state index contributed by atoms with van der Waals surface area (Å²) in [5, 5.41) is 16.1. The molecule has 0 aliphatic carbocycles. The molecule has 0 saturated carbocycles. The fraction of sp³-hybridized carbons (Fsp3) is 0.217. The smallest absolute Gasteiger partial charge is 0.337 e. The largest absolute Gasteiger partial charge is 0.478 e. The molecule has 1 aliphatic rings. The van der Waals surface area contributed by atoms with Crippen molar-refractivity contribution in [3.05, 3.63) is 83.2 Å². The van der Waals surface area contributed by atoms with Crippen LogP contribution in [0.1, 0.15) is 33.1 Å². The standard InChI is InChI=1S/C23H23N3O3/c1-15-2-4-17(5-3-15)29-18-6-7-19-16(12-18)8-11-25-22(19)14-26-21-13-24-10-9-20(21)23(27)28/h2-7,9-10,12-13,22,25-26H,8,11,14H2,1H3,(H,27,28)/t22-/m1/s1. The molecule has 2 heterocycles. The zero-order valence-electron chi connectivity index (χ0n) is 16.2. The summed E-state index contributed by atoms with van der Waals surface area (Å²) in [6.45, 7) is 3.47. The molecule has 0 radical (unpaired) electrons. The molecule has 1 atom stereocenters. The third-order valence-electron chi connectivity index (χ3n) is 5.08. The summed E-state index contributed by atoms with van der Waals surface area (Å²) in [6, 6.07) is 15.7. The molecule has 4 rings (SSSR count). The molecule has 6 nitrogen and oxygen atoms in total. The minimum absolute atomic E-state index is 0.0778. The predicted octanol–water partition coefficient (Wildman–Crippen LogP) is 4.18. The van der Waals surface area contributed by atoms with Gasteiger partial charge < -0.3 is 20.5 Å². The molecular weight excluding hydrogens is 366 g/mol. The minimum atomic E-state index is -0.968. The lowest BCUT2D eigenvalue weighted by Gasteiger charge is -2.28. The highest BCUT2D eigenvalue weighted by Crippen LogP contribution is 2.30. The lowest BCUT2D eigenvalue weighted by molar-refractivity contribution is 0.0697. The van der Waals surface area contributed by atoms with E-state index in [1.54, 1.807) is 6.20 Å². The molecule has 3 N–H and O–H groups in total. The quantitative estimate of drug-likeness (QED) is 0.587. The first-order valence-electron chi connectivity index (χ1n) is 9.62. The Bertz CT molecular complexity index is 1020. The van der Waals surface area contributed by atoms with E-state index >= 15 is 0 Å². The maximum Gasteiger partial charge on any atom is 0.337 e. The van der Waals surface area contributed by atoms with Gasteiger partial charge in [-0.2, -0.15) is 0 Å². The van der Waals surface area contributed by atoms with Gasteiger partial charge in [0, 0.05) is 18.8 Å². The molecule has 1 aromatic heterocycles. The second-order valence-electron chi connectivity index (χ2n) is 7.14. The Morgan fingerprint density at radius 1 is 1.21 bits per heavy atom. The Morgan fingerprint density at radius 3 is 2.79 bits per heavy atom. The van der Waals surface area contributed by atoms with E-state index in [1.165, 1.54) is 29.0 Å². The summed E-state index contributed by atoms with van der Waals surface area (Å²) >= 11 is 0. The SMILES string of the molecule is Cc1ccc(Oc2ccc3c(c2)CCN[C@@H]3CNc2cnccc2C(=O)O)cc1. The highest BCUT2D eigenvalue weighted by molar-refractivity contribution is 5.93. The molecule has 3 aromatic rings. The van der Waals surface area contributed by atoms with E-state index in [-0.39, 0.29) is 11.6 Å². The predicted molar refractivity (Wildman–Crippen MR) is 112 cm³/mol. The topological polar surface area (TPSA) is 83.5 Å². The number of pyridine rings is 1. The summed E-state index contributed by atoms with van der Waals surface area (Å²) < 4.78 is 6.00. The van der Waals surface area contributed by atoms with Gasteiger partial charge in [-0.15, -0.1) is 0 Å². The van der Waals surface area contributed by atoms with E-state index < -0.39 is 5.97 Å². The summed E-state index contributed by atoms with van der Waals surface area (Å²) in [5.41, 5.74) is 4.38. The molecule has 0 bridgehead atoms. The molecule has 0 unspecified atom stereocenters. The van der Waals surface area contributed by atoms with Gasteiger partial charge in [0.25, 0.3) is 0 Å². The number of hydrogen-bond donors (Lipinski definition) is 3. The number of nitrogens with one attached hydrogen (secondary N) is 2. The van der Waals surface area contributed by atoms with Crippen molar-refractivity contribution in [1.82, 2.24) is 10.3 Å². The van der Waals surface area contributed by atoms with Crippen molar-refractivity contribution in [2.75, 3.05) is 18.4 Å². The number of carboxylic acids is 1. The number of aromatic nitrogens is 1. The van der Waals surface area contributed by atoms with E-state index in [2.05, 4.69) is 34.7 Å². The number of ether oxygens (including phenoxy) is 1. The molecular formula is C23H23N3O3. The number of aryl methyl sites for hydroxylation is 1. The molecule has 0 fully saturated rings. The van der Waals surface area contributed by atoms with Gasteiger partial charge in [-0.05, 0) is 61.3 Å². The van der Waals surface area contributed by atoms with Crippen LogP contribution in [0.15, 0.2) is 60.9 Å².